The van der Waals surface area contributed by atoms with Crippen molar-refractivity contribution < 1.29 is 9.59 Å². The van der Waals surface area contributed by atoms with E-state index < -0.39 is 5.54 Å². The number of carbonyl (C=O) groups excluding carboxylic acids is 2. The fourth-order valence-electron chi connectivity index (χ4n) is 3.29. The molecule has 1 heterocycles. The molecule has 5 N–H and O–H groups in total. The third-order valence-electron chi connectivity index (χ3n) is 4.87. The zero-order chi connectivity index (χ0) is 18.4. The van der Waals surface area contributed by atoms with Crippen LogP contribution in [-0.4, -0.2) is 35.3 Å². The Kier molecular flexibility index (Phi) is 6.56. The Morgan fingerprint density at radius 3 is 2.60 bits per heavy atom. The van der Waals surface area contributed by atoms with Crippen molar-refractivity contribution in [2.75, 3.05) is 18.4 Å². The van der Waals surface area contributed by atoms with E-state index in [0.29, 0.717) is 6.42 Å². The lowest BCUT2D eigenvalue weighted by Crippen LogP contribution is -2.48. The van der Waals surface area contributed by atoms with Crippen molar-refractivity contribution in [2.24, 2.45) is 17.4 Å². The van der Waals surface area contributed by atoms with E-state index in [-0.39, 0.29) is 17.7 Å². The molecule has 0 aliphatic carbocycles. The number of likely N-dealkylation sites (tertiary alicyclic amines) is 1. The summed E-state index contributed by atoms with van der Waals surface area (Å²) in [4.78, 5) is 25.9. The summed E-state index contributed by atoms with van der Waals surface area (Å²) in [6.07, 6.45) is 3.14. The molecule has 1 fully saturated rings. The topological polar surface area (TPSA) is 101 Å². The number of piperidine rings is 1. The van der Waals surface area contributed by atoms with Crippen LogP contribution in [0.1, 0.15) is 45.1 Å². The van der Waals surface area contributed by atoms with Crippen molar-refractivity contribution in [3.8, 4) is 0 Å². The van der Waals surface area contributed by atoms with Gasteiger partial charge in [-0.15, -0.1) is 0 Å². The first-order valence-corrected chi connectivity index (χ1v) is 9.03. The van der Waals surface area contributed by atoms with Crippen molar-refractivity contribution in [1.29, 1.82) is 0 Å². The van der Waals surface area contributed by atoms with Gasteiger partial charge < -0.3 is 16.8 Å². The maximum Gasteiger partial charge on any atom is 0.244 e. The number of primary amides is 1. The minimum atomic E-state index is -0.860. The minimum Gasteiger partial charge on any atom is -0.369 e. The molecule has 1 aliphatic rings. The number of amides is 2. The predicted octanol–water partition coefficient (Wildman–Crippen LogP) is 1.84. The van der Waals surface area contributed by atoms with E-state index in [1.54, 1.807) is 6.92 Å². The quantitative estimate of drug-likeness (QED) is 0.701. The van der Waals surface area contributed by atoms with Gasteiger partial charge in [0, 0.05) is 18.2 Å². The molecule has 1 aliphatic heterocycles. The van der Waals surface area contributed by atoms with Crippen LogP contribution >= 0.6 is 0 Å². The molecule has 0 radical (unpaired) electrons. The van der Waals surface area contributed by atoms with Crippen LogP contribution in [0, 0.1) is 5.92 Å². The molecule has 25 heavy (non-hydrogen) atoms. The third kappa shape index (κ3) is 5.54. The van der Waals surface area contributed by atoms with Crippen LogP contribution in [0.25, 0.3) is 0 Å². The van der Waals surface area contributed by atoms with Gasteiger partial charge in [-0.25, -0.2) is 0 Å². The molecule has 138 valence electrons. The van der Waals surface area contributed by atoms with Gasteiger partial charge in [-0.2, -0.15) is 0 Å². The molecule has 1 aromatic rings. The van der Waals surface area contributed by atoms with E-state index >= 15 is 0 Å². The maximum atomic E-state index is 12.3. The summed E-state index contributed by atoms with van der Waals surface area (Å²) in [6.45, 7) is 6.30. The average molecular weight is 346 g/mol. The van der Waals surface area contributed by atoms with Gasteiger partial charge in [0.15, 0.2) is 0 Å². The van der Waals surface area contributed by atoms with E-state index in [9.17, 15) is 9.59 Å². The molecule has 0 bridgehead atoms. The van der Waals surface area contributed by atoms with E-state index in [4.69, 9.17) is 11.5 Å². The molecule has 1 aromatic carbocycles. The number of nitrogens with zero attached hydrogens (tertiary/aromatic N) is 1. The van der Waals surface area contributed by atoms with Crippen LogP contribution in [-0.2, 0) is 16.1 Å². The normalized spacial score (nSPS) is 18.5. The lowest BCUT2D eigenvalue weighted by Gasteiger charge is -2.30. The van der Waals surface area contributed by atoms with Crippen molar-refractivity contribution in [3.63, 3.8) is 0 Å². The average Bonchev–Trinajstić information content (AvgIpc) is 2.55. The first kappa shape index (κ1) is 19.4. The van der Waals surface area contributed by atoms with Crippen LogP contribution in [0.2, 0.25) is 0 Å². The number of nitrogens with two attached hydrogens (primary N) is 2. The molecular weight excluding hydrogens is 316 g/mol. The van der Waals surface area contributed by atoms with Gasteiger partial charge >= 0.3 is 0 Å². The Hall–Kier alpha value is -1.92. The lowest BCUT2D eigenvalue weighted by atomic mass is 9.96. The van der Waals surface area contributed by atoms with Crippen LogP contribution < -0.4 is 16.8 Å². The molecule has 1 saturated heterocycles. The van der Waals surface area contributed by atoms with E-state index in [0.717, 1.165) is 50.1 Å². The number of benzene rings is 1. The fourth-order valence-corrected chi connectivity index (χ4v) is 3.29. The highest BCUT2D eigenvalue weighted by Gasteiger charge is 2.27. The lowest BCUT2D eigenvalue weighted by molar-refractivity contribution is -0.123. The zero-order valence-corrected chi connectivity index (χ0v) is 15.3. The second-order valence-corrected chi connectivity index (χ2v) is 7.27. The van der Waals surface area contributed by atoms with Crippen LogP contribution in [0.15, 0.2) is 24.3 Å². The van der Waals surface area contributed by atoms with Gasteiger partial charge in [0.1, 0.15) is 0 Å². The van der Waals surface area contributed by atoms with Crippen molar-refractivity contribution in [1.82, 2.24) is 4.90 Å². The number of hydrogen-bond donors (Lipinski definition) is 3. The second kappa shape index (κ2) is 8.45. The van der Waals surface area contributed by atoms with Gasteiger partial charge in [-0.1, -0.05) is 25.5 Å². The number of nitrogens with one attached hydrogen (secondary N) is 1. The van der Waals surface area contributed by atoms with E-state index in [2.05, 4.69) is 10.2 Å². The van der Waals surface area contributed by atoms with Crippen molar-refractivity contribution in [3.05, 3.63) is 29.8 Å². The summed E-state index contributed by atoms with van der Waals surface area (Å²) in [7, 11) is 0. The van der Waals surface area contributed by atoms with Crippen molar-refractivity contribution in [2.45, 2.75) is 51.6 Å². The molecule has 6 heteroatoms. The Labute approximate surface area is 149 Å². The Bertz CT molecular complexity index is 607. The van der Waals surface area contributed by atoms with Crippen LogP contribution in [0.3, 0.4) is 0 Å². The standard InChI is InChI=1S/C19H30N4O2/c1-3-9-19(2,21)18(25)22-16-6-4-5-14(12-16)13-23-10-7-15(8-11-23)17(20)24/h4-6,12,15H,3,7-11,13,21H2,1-2H3,(H2,20,24)(H,22,25). The molecule has 0 saturated carbocycles. The largest absolute Gasteiger partial charge is 0.369 e. The summed E-state index contributed by atoms with van der Waals surface area (Å²) < 4.78 is 0. The van der Waals surface area contributed by atoms with Crippen LogP contribution in [0.4, 0.5) is 5.69 Å². The number of hydrogen-bond acceptors (Lipinski definition) is 4. The fraction of sp³-hybridized carbons (Fsp3) is 0.579. The Balaban J connectivity index is 1.93. The molecule has 2 amide bonds. The van der Waals surface area contributed by atoms with E-state index in [1.807, 2.05) is 31.2 Å². The number of rotatable bonds is 7. The molecule has 1 unspecified atom stereocenters. The highest BCUT2D eigenvalue weighted by molar-refractivity contribution is 5.97. The number of anilines is 1. The predicted molar refractivity (Wildman–Crippen MR) is 99.8 cm³/mol. The highest BCUT2D eigenvalue weighted by Crippen LogP contribution is 2.20. The number of carbonyl (C=O) groups is 2. The molecule has 0 spiro atoms. The van der Waals surface area contributed by atoms with Crippen LogP contribution in [0.5, 0.6) is 0 Å². The maximum absolute atomic E-state index is 12.3. The summed E-state index contributed by atoms with van der Waals surface area (Å²) in [5.74, 6) is -0.349. The summed E-state index contributed by atoms with van der Waals surface area (Å²) in [5.41, 5.74) is 12.5. The Morgan fingerprint density at radius 1 is 1.32 bits per heavy atom. The van der Waals surface area contributed by atoms with Gasteiger partial charge in [-0.05, 0) is 57.0 Å². The molecule has 2 rings (SSSR count). The van der Waals surface area contributed by atoms with E-state index in [1.165, 1.54) is 0 Å². The molecule has 1 atom stereocenters. The second-order valence-electron chi connectivity index (χ2n) is 7.27. The van der Waals surface area contributed by atoms with Gasteiger partial charge in [0.25, 0.3) is 0 Å². The van der Waals surface area contributed by atoms with Gasteiger partial charge in [0.05, 0.1) is 5.54 Å². The first-order chi connectivity index (χ1) is 11.8. The third-order valence-corrected chi connectivity index (χ3v) is 4.87. The smallest absolute Gasteiger partial charge is 0.244 e. The SMILES string of the molecule is CCCC(C)(N)C(=O)Nc1cccc(CN2CCC(C(N)=O)CC2)c1. The van der Waals surface area contributed by atoms with Gasteiger partial charge in [0.2, 0.25) is 11.8 Å². The molecule has 0 aromatic heterocycles. The van der Waals surface area contributed by atoms with Gasteiger partial charge in [-0.3, -0.25) is 14.5 Å². The summed E-state index contributed by atoms with van der Waals surface area (Å²) >= 11 is 0. The molecule has 6 nitrogen and oxygen atoms in total. The Morgan fingerprint density at radius 2 is 2.00 bits per heavy atom. The summed E-state index contributed by atoms with van der Waals surface area (Å²) in [5, 5.41) is 2.92. The zero-order valence-electron chi connectivity index (χ0n) is 15.3. The minimum absolute atomic E-state index is 0.00247. The first-order valence-electron chi connectivity index (χ1n) is 9.03. The monoisotopic (exact) mass is 346 g/mol. The highest BCUT2D eigenvalue weighted by atomic mass is 16.2. The molecular formula is C19H30N4O2. The summed E-state index contributed by atoms with van der Waals surface area (Å²) in [6, 6.07) is 7.85. The van der Waals surface area contributed by atoms with Crippen molar-refractivity contribution >= 4 is 17.5 Å².